The van der Waals surface area contributed by atoms with Gasteiger partial charge < -0.3 is 0 Å². The highest BCUT2D eigenvalue weighted by Crippen LogP contribution is 1.79. The van der Waals surface area contributed by atoms with Crippen LogP contribution < -0.4 is 0 Å². The van der Waals surface area contributed by atoms with Crippen molar-refractivity contribution in [2.75, 3.05) is 0 Å². The van der Waals surface area contributed by atoms with Crippen LogP contribution in [-0.4, -0.2) is 9.52 Å². The van der Waals surface area contributed by atoms with E-state index in [2.05, 4.69) is 13.2 Å². The van der Waals surface area contributed by atoms with E-state index in [0.29, 0.717) is 0 Å². The van der Waals surface area contributed by atoms with Gasteiger partial charge in [-0.2, -0.15) is 0 Å². The number of hydrogen-bond acceptors (Lipinski definition) is 0. The monoisotopic (exact) mass is 98.1 g/mol. The topological polar surface area (TPSA) is 0 Å². The summed E-state index contributed by atoms with van der Waals surface area (Å²) in [4.78, 5) is 0. The SMILES string of the molecule is C=C[SiH2]C(=C)C. The van der Waals surface area contributed by atoms with E-state index in [9.17, 15) is 0 Å². The second-order valence-corrected chi connectivity index (χ2v) is 3.64. The van der Waals surface area contributed by atoms with Crippen molar-refractivity contribution in [3.05, 3.63) is 24.1 Å². The molecule has 0 radical (unpaired) electrons. The molecule has 0 aromatic heterocycles. The molecule has 0 bridgehead atoms. The van der Waals surface area contributed by atoms with Gasteiger partial charge in [0.15, 0.2) is 0 Å². The summed E-state index contributed by atoms with van der Waals surface area (Å²) in [6.45, 7) is 9.39. The molecule has 0 amide bonds. The lowest BCUT2D eigenvalue weighted by Crippen LogP contribution is -1.80. The van der Waals surface area contributed by atoms with Gasteiger partial charge in [0, 0.05) is 0 Å². The molecule has 0 saturated heterocycles. The zero-order valence-corrected chi connectivity index (χ0v) is 5.61. The molecular formula is C5H10Si. The molecule has 0 spiro atoms. The first kappa shape index (κ1) is 5.70. The quantitative estimate of drug-likeness (QED) is 0.449. The van der Waals surface area contributed by atoms with Crippen LogP contribution >= 0.6 is 0 Å². The van der Waals surface area contributed by atoms with Crippen molar-refractivity contribution in [2.24, 2.45) is 0 Å². The zero-order chi connectivity index (χ0) is 4.99. The van der Waals surface area contributed by atoms with Gasteiger partial charge in [-0.1, -0.05) is 5.20 Å². The maximum Gasteiger partial charge on any atom is 0.0713 e. The summed E-state index contributed by atoms with van der Waals surface area (Å²) < 4.78 is 0. The lowest BCUT2D eigenvalue weighted by molar-refractivity contribution is 1.70. The van der Waals surface area contributed by atoms with Crippen LogP contribution in [0.4, 0.5) is 0 Å². The summed E-state index contributed by atoms with van der Waals surface area (Å²) in [5, 5.41) is 1.31. The van der Waals surface area contributed by atoms with Crippen molar-refractivity contribution in [1.29, 1.82) is 0 Å². The Balaban J connectivity index is 3.05. The third kappa shape index (κ3) is 3.70. The molecule has 0 saturated carbocycles. The normalized spacial score (nSPS) is 9.50. The fraction of sp³-hybridized carbons (Fsp3) is 0.200. The fourth-order valence-corrected chi connectivity index (χ4v) is 0.739. The van der Waals surface area contributed by atoms with Gasteiger partial charge in [-0.15, -0.1) is 18.9 Å². The van der Waals surface area contributed by atoms with Gasteiger partial charge in [-0.25, -0.2) is 0 Å². The highest BCUT2D eigenvalue weighted by molar-refractivity contribution is 6.50. The lowest BCUT2D eigenvalue weighted by atomic mass is 10.8. The van der Waals surface area contributed by atoms with E-state index < -0.39 is 0 Å². The molecule has 1 heteroatoms. The molecular weight excluding hydrogens is 88.1 g/mol. The molecule has 0 aliphatic heterocycles. The van der Waals surface area contributed by atoms with Gasteiger partial charge in [0.05, 0.1) is 9.52 Å². The minimum atomic E-state index is -0.0741. The fourth-order valence-electron chi connectivity index (χ4n) is 0.246. The van der Waals surface area contributed by atoms with Crippen LogP contribution in [0.25, 0.3) is 0 Å². The number of rotatable bonds is 2. The summed E-state index contributed by atoms with van der Waals surface area (Å²) in [7, 11) is -0.0741. The lowest BCUT2D eigenvalue weighted by Gasteiger charge is -1.81. The van der Waals surface area contributed by atoms with Crippen LogP contribution in [0.2, 0.25) is 0 Å². The van der Waals surface area contributed by atoms with Crippen LogP contribution in [0, 0.1) is 0 Å². The highest BCUT2D eigenvalue weighted by atomic mass is 28.2. The molecule has 0 aromatic rings. The number of hydrogen-bond donors (Lipinski definition) is 0. The first-order valence-corrected chi connectivity index (χ1v) is 3.55. The van der Waals surface area contributed by atoms with Crippen LogP contribution in [-0.2, 0) is 0 Å². The van der Waals surface area contributed by atoms with Crippen molar-refractivity contribution in [2.45, 2.75) is 6.92 Å². The number of allylic oxidation sites excluding steroid dienone is 1. The Morgan fingerprint density at radius 2 is 2.33 bits per heavy atom. The summed E-state index contributed by atoms with van der Waals surface area (Å²) in [5.74, 6) is 0. The predicted octanol–water partition coefficient (Wildman–Crippen LogP) is 0.832. The first-order valence-electron chi connectivity index (χ1n) is 2.02. The average molecular weight is 98.2 g/mol. The molecule has 0 aromatic carbocycles. The van der Waals surface area contributed by atoms with Crippen molar-refractivity contribution < 1.29 is 0 Å². The predicted molar refractivity (Wildman–Crippen MR) is 33.6 cm³/mol. The summed E-state index contributed by atoms with van der Waals surface area (Å²) in [5.41, 5.74) is 1.99. The summed E-state index contributed by atoms with van der Waals surface area (Å²) in [6.07, 6.45) is 0. The third-order valence-corrected chi connectivity index (χ3v) is 1.48. The largest absolute Gasteiger partial charge is 0.107 e. The minimum absolute atomic E-state index is 0.0741. The molecule has 0 N–H and O–H groups in total. The Kier molecular flexibility index (Phi) is 2.76. The van der Waals surface area contributed by atoms with E-state index in [1.54, 1.807) is 0 Å². The maximum absolute atomic E-state index is 3.74. The van der Waals surface area contributed by atoms with Crippen LogP contribution in [0.1, 0.15) is 6.92 Å². The van der Waals surface area contributed by atoms with E-state index in [-0.39, 0.29) is 9.52 Å². The second-order valence-electron chi connectivity index (χ2n) is 1.45. The Labute approximate surface area is 41.4 Å². The van der Waals surface area contributed by atoms with Gasteiger partial charge in [-0.3, -0.25) is 0 Å². The van der Waals surface area contributed by atoms with E-state index in [1.165, 1.54) is 5.20 Å². The van der Waals surface area contributed by atoms with Gasteiger partial charge in [-0.05, 0) is 6.92 Å². The van der Waals surface area contributed by atoms with Crippen molar-refractivity contribution in [3.63, 3.8) is 0 Å². The van der Waals surface area contributed by atoms with E-state index in [1.807, 2.05) is 12.6 Å². The highest BCUT2D eigenvalue weighted by Gasteiger charge is 1.73. The molecule has 0 rings (SSSR count). The summed E-state index contributed by atoms with van der Waals surface area (Å²) >= 11 is 0. The second kappa shape index (κ2) is 2.91. The molecule has 0 heterocycles. The Bertz CT molecular complexity index is 64.3. The Morgan fingerprint density at radius 3 is 2.33 bits per heavy atom. The molecule has 0 unspecified atom stereocenters. The standard InChI is InChI=1S/C5H10Si/c1-4-6-5(2)3/h4H,1-2,6H2,3H3. The van der Waals surface area contributed by atoms with Gasteiger partial charge in [0.1, 0.15) is 0 Å². The van der Waals surface area contributed by atoms with E-state index >= 15 is 0 Å². The van der Waals surface area contributed by atoms with E-state index in [4.69, 9.17) is 0 Å². The molecule has 34 valence electrons. The van der Waals surface area contributed by atoms with Gasteiger partial charge in [0.25, 0.3) is 0 Å². The third-order valence-electron chi connectivity index (χ3n) is 0.493. The van der Waals surface area contributed by atoms with Crippen LogP contribution in [0.3, 0.4) is 0 Å². The van der Waals surface area contributed by atoms with Crippen molar-refractivity contribution in [1.82, 2.24) is 0 Å². The van der Waals surface area contributed by atoms with Crippen LogP contribution in [0.5, 0.6) is 0 Å². The van der Waals surface area contributed by atoms with Crippen LogP contribution in [0.15, 0.2) is 24.1 Å². The molecule has 0 fully saturated rings. The molecule has 6 heavy (non-hydrogen) atoms. The van der Waals surface area contributed by atoms with E-state index in [0.717, 1.165) is 0 Å². The first-order chi connectivity index (χ1) is 2.77. The molecule has 0 atom stereocenters. The molecule has 0 aliphatic rings. The summed E-state index contributed by atoms with van der Waals surface area (Å²) in [6, 6.07) is 0. The van der Waals surface area contributed by atoms with Crippen molar-refractivity contribution >= 4 is 9.52 Å². The molecule has 0 aliphatic carbocycles. The minimum Gasteiger partial charge on any atom is -0.107 e. The average Bonchev–Trinajstić information content (AvgIpc) is 1.35. The smallest absolute Gasteiger partial charge is 0.0713 e. The molecule has 0 nitrogen and oxygen atoms in total. The maximum atomic E-state index is 3.74. The van der Waals surface area contributed by atoms with Gasteiger partial charge >= 0.3 is 0 Å². The van der Waals surface area contributed by atoms with Gasteiger partial charge in [0.2, 0.25) is 0 Å². The zero-order valence-electron chi connectivity index (χ0n) is 4.20. The Hall–Kier alpha value is -0.303. The van der Waals surface area contributed by atoms with Crippen molar-refractivity contribution in [3.8, 4) is 0 Å². The Morgan fingerprint density at radius 1 is 1.83 bits per heavy atom.